The number of benzene rings is 1. The third-order valence-electron chi connectivity index (χ3n) is 3.39. The van der Waals surface area contributed by atoms with Crippen LogP contribution >= 0.6 is 0 Å². The first kappa shape index (κ1) is 13.5. The Morgan fingerprint density at radius 1 is 1.39 bits per heavy atom. The highest BCUT2D eigenvalue weighted by molar-refractivity contribution is 7.91. The average Bonchev–Trinajstić information content (AvgIpc) is 2.86. The summed E-state index contributed by atoms with van der Waals surface area (Å²) in [5.74, 6) is -0.697. The van der Waals surface area contributed by atoms with Gasteiger partial charge >= 0.3 is 0 Å². The van der Waals surface area contributed by atoms with Gasteiger partial charge < -0.3 is 10.5 Å². The quantitative estimate of drug-likeness (QED) is 0.876. The van der Waals surface area contributed by atoms with Crippen molar-refractivity contribution in [2.45, 2.75) is 16.7 Å². The molecule has 18 heavy (non-hydrogen) atoms. The fourth-order valence-electron chi connectivity index (χ4n) is 2.65. The molecule has 0 bridgehead atoms. The van der Waals surface area contributed by atoms with Crippen LogP contribution in [0.3, 0.4) is 0 Å². The Labute approximate surface area is 106 Å². The highest BCUT2D eigenvalue weighted by atomic mass is 32.2. The molecule has 6 heteroatoms. The van der Waals surface area contributed by atoms with E-state index in [2.05, 4.69) is 0 Å². The molecule has 0 radical (unpaired) electrons. The fraction of sp³-hybridized carbons (Fsp3) is 0.500. The molecule has 1 aromatic carbocycles. The van der Waals surface area contributed by atoms with Crippen LogP contribution in [-0.4, -0.2) is 39.2 Å². The SMILES string of the molecule is COC[C@@]1(N)[C@@H](c2ccc(F)cc2)[C@@H]1S(C)(=O)=O. The molecule has 0 amide bonds. The van der Waals surface area contributed by atoms with E-state index in [0.29, 0.717) is 0 Å². The summed E-state index contributed by atoms with van der Waals surface area (Å²) in [5, 5.41) is -0.671. The zero-order valence-corrected chi connectivity index (χ0v) is 11.1. The second-order valence-corrected chi connectivity index (χ2v) is 6.99. The Kier molecular flexibility index (Phi) is 3.21. The minimum Gasteiger partial charge on any atom is -0.383 e. The van der Waals surface area contributed by atoms with E-state index in [9.17, 15) is 12.8 Å². The van der Waals surface area contributed by atoms with Crippen LogP contribution in [0.1, 0.15) is 11.5 Å². The van der Waals surface area contributed by atoms with Gasteiger partial charge in [0.2, 0.25) is 0 Å². The molecular formula is C12H16FNO3S. The largest absolute Gasteiger partial charge is 0.383 e. The standard InChI is InChI=1S/C12H16FNO3S/c1-17-7-12(14)10(11(12)18(2,15)16)8-3-5-9(13)6-4-8/h3-6,10-11H,7,14H2,1-2H3/t10-,11-,12+/m0/s1. The van der Waals surface area contributed by atoms with E-state index >= 15 is 0 Å². The van der Waals surface area contributed by atoms with Gasteiger partial charge in [-0.2, -0.15) is 0 Å². The molecule has 100 valence electrons. The highest BCUT2D eigenvalue weighted by Gasteiger charge is 2.67. The molecule has 3 atom stereocenters. The molecule has 1 saturated carbocycles. The number of methoxy groups -OCH3 is 1. The molecule has 1 aliphatic carbocycles. The third kappa shape index (κ3) is 2.15. The van der Waals surface area contributed by atoms with Crippen LogP contribution in [0.25, 0.3) is 0 Å². The molecule has 0 aromatic heterocycles. The van der Waals surface area contributed by atoms with E-state index in [0.717, 1.165) is 5.56 Å². The minimum atomic E-state index is -3.27. The first-order valence-electron chi connectivity index (χ1n) is 5.53. The van der Waals surface area contributed by atoms with Gasteiger partial charge in [0.1, 0.15) is 5.82 Å². The van der Waals surface area contributed by atoms with Gasteiger partial charge in [-0.3, -0.25) is 0 Å². The zero-order valence-electron chi connectivity index (χ0n) is 10.3. The molecular weight excluding hydrogens is 257 g/mol. The van der Waals surface area contributed by atoms with Crippen molar-refractivity contribution >= 4 is 9.84 Å². The normalized spacial score (nSPS) is 31.3. The Balaban J connectivity index is 2.35. The molecule has 4 nitrogen and oxygen atoms in total. The smallest absolute Gasteiger partial charge is 0.152 e. The molecule has 1 aliphatic rings. The summed E-state index contributed by atoms with van der Waals surface area (Å²) in [6.07, 6.45) is 1.17. The summed E-state index contributed by atoms with van der Waals surface area (Å²) < 4.78 is 41.3. The Hall–Kier alpha value is -0.980. The summed E-state index contributed by atoms with van der Waals surface area (Å²) in [6, 6.07) is 5.76. The molecule has 0 heterocycles. The maximum Gasteiger partial charge on any atom is 0.152 e. The number of nitrogens with two attached hydrogens (primary N) is 1. The van der Waals surface area contributed by atoms with Crippen LogP contribution in [0.15, 0.2) is 24.3 Å². The molecule has 1 fully saturated rings. The van der Waals surface area contributed by atoms with Gasteiger partial charge in [0.15, 0.2) is 9.84 Å². The summed E-state index contributed by atoms with van der Waals surface area (Å²) >= 11 is 0. The van der Waals surface area contributed by atoms with Gasteiger partial charge in [0, 0.05) is 19.3 Å². The molecule has 0 spiro atoms. The lowest BCUT2D eigenvalue weighted by Crippen LogP contribution is -2.35. The van der Waals surface area contributed by atoms with Gasteiger partial charge in [-0.15, -0.1) is 0 Å². The number of rotatable bonds is 4. The molecule has 2 N–H and O–H groups in total. The van der Waals surface area contributed by atoms with E-state index in [1.165, 1.54) is 25.5 Å². The number of sulfone groups is 1. The predicted octanol–water partition coefficient (Wildman–Crippen LogP) is 0.680. The molecule has 1 aromatic rings. The highest BCUT2D eigenvalue weighted by Crippen LogP contribution is 2.53. The average molecular weight is 273 g/mol. The Bertz CT molecular complexity index is 543. The number of hydrogen-bond acceptors (Lipinski definition) is 4. The molecule has 0 unspecified atom stereocenters. The fourth-order valence-corrected chi connectivity index (χ4v) is 4.48. The lowest BCUT2D eigenvalue weighted by molar-refractivity contribution is 0.171. The van der Waals surface area contributed by atoms with Crippen LogP contribution in [0, 0.1) is 5.82 Å². The predicted molar refractivity (Wildman–Crippen MR) is 66.6 cm³/mol. The first-order chi connectivity index (χ1) is 8.30. The van der Waals surface area contributed by atoms with E-state index in [1.807, 2.05) is 0 Å². The Morgan fingerprint density at radius 2 is 1.94 bits per heavy atom. The van der Waals surface area contributed by atoms with Crippen molar-refractivity contribution in [3.63, 3.8) is 0 Å². The topological polar surface area (TPSA) is 69.4 Å². The van der Waals surface area contributed by atoms with Crippen LogP contribution in [0.2, 0.25) is 0 Å². The second-order valence-electron chi connectivity index (χ2n) is 4.82. The molecule has 2 rings (SSSR count). The lowest BCUT2D eigenvalue weighted by Gasteiger charge is -2.10. The number of halogens is 1. The van der Waals surface area contributed by atoms with Gasteiger partial charge in [0.25, 0.3) is 0 Å². The van der Waals surface area contributed by atoms with Crippen LogP contribution < -0.4 is 5.73 Å². The Morgan fingerprint density at radius 3 is 2.39 bits per heavy atom. The lowest BCUT2D eigenvalue weighted by atomic mass is 10.1. The van der Waals surface area contributed by atoms with Gasteiger partial charge in [0.05, 0.1) is 17.4 Å². The van der Waals surface area contributed by atoms with Gasteiger partial charge in [-0.1, -0.05) is 12.1 Å². The summed E-state index contributed by atoms with van der Waals surface area (Å²) in [7, 11) is -1.79. The maximum atomic E-state index is 12.9. The first-order valence-corrected chi connectivity index (χ1v) is 7.48. The van der Waals surface area contributed by atoms with Gasteiger partial charge in [-0.05, 0) is 17.7 Å². The van der Waals surface area contributed by atoms with Crippen molar-refractivity contribution in [2.75, 3.05) is 20.0 Å². The van der Waals surface area contributed by atoms with Crippen molar-refractivity contribution in [1.82, 2.24) is 0 Å². The second kappa shape index (κ2) is 4.29. The zero-order chi connectivity index (χ0) is 13.6. The summed E-state index contributed by atoms with van der Waals surface area (Å²) in [6.45, 7) is 0.160. The van der Waals surface area contributed by atoms with Crippen molar-refractivity contribution in [3.8, 4) is 0 Å². The third-order valence-corrected chi connectivity index (χ3v) is 5.02. The minimum absolute atomic E-state index is 0.160. The molecule has 0 saturated heterocycles. The van der Waals surface area contributed by atoms with Crippen molar-refractivity contribution in [1.29, 1.82) is 0 Å². The molecule has 0 aliphatic heterocycles. The van der Waals surface area contributed by atoms with Crippen LogP contribution in [0.5, 0.6) is 0 Å². The van der Waals surface area contributed by atoms with E-state index in [1.54, 1.807) is 12.1 Å². The van der Waals surface area contributed by atoms with Crippen LogP contribution in [-0.2, 0) is 14.6 Å². The van der Waals surface area contributed by atoms with Crippen LogP contribution in [0.4, 0.5) is 4.39 Å². The van der Waals surface area contributed by atoms with E-state index < -0.39 is 20.6 Å². The summed E-state index contributed by atoms with van der Waals surface area (Å²) in [5.41, 5.74) is 5.92. The van der Waals surface area contributed by atoms with Gasteiger partial charge in [-0.25, -0.2) is 12.8 Å². The maximum absolute atomic E-state index is 12.9. The number of ether oxygens (including phenoxy) is 1. The van der Waals surface area contributed by atoms with E-state index in [-0.39, 0.29) is 18.3 Å². The van der Waals surface area contributed by atoms with E-state index in [4.69, 9.17) is 10.5 Å². The van der Waals surface area contributed by atoms with Crippen molar-refractivity contribution in [3.05, 3.63) is 35.6 Å². The van der Waals surface area contributed by atoms with Crippen molar-refractivity contribution < 1.29 is 17.5 Å². The summed E-state index contributed by atoms with van der Waals surface area (Å²) in [4.78, 5) is 0. The number of hydrogen-bond donors (Lipinski definition) is 1. The van der Waals surface area contributed by atoms with Crippen molar-refractivity contribution in [2.24, 2.45) is 5.73 Å². The monoisotopic (exact) mass is 273 g/mol.